The first kappa shape index (κ1) is 24.8. The van der Waals surface area contributed by atoms with E-state index >= 15 is 0 Å². The van der Waals surface area contributed by atoms with Gasteiger partial charge in [-0.25, -0.2) is 9.36 Å². The second-order valence-corrected chi connectivity index (χ2v) is 8.21. The molecule has 35 heavy (non-hydrogen) atoms. The molecule has 0 aliphatic heterocycles. The first-order valence-electron chi connectivity index (χ1n) is 10.0. The Kier molecular flexibility index (Phi) is 6.19. The topological polar surface area (TPSA) is 76.8 Å². The van der Waals surface area contributed by atoms with Crippen molar-refractivity contribution in [1.82, 2.24) is 24.9 Å². The lowest BCUT2D eigenvalue weighted by atomic mass is 10.1. The molecule has 7 nitrogen and oxygen atoms in total. The molecule has 1 aromatic carbocycles. The Morgan fingerprint density at radius 1 is 1.17 bits per heavy atom. The van der Waals surface area contributed by atoms with E-state index in [-0.39, 0.29) is 16.6 Å². The summed E-state index contributed by atoms with van der Waals surface area (Å²) >= 11 is 6.12. The molecular formula is C20H16ClF7N6O. The molecule has 3 aromatic rings. The number of hydrogen-bond donors (Lipinski definition) is 2. The molecule has 0 spiro atoms. The number of carbonyl (C=O) groups is 1. The van der Waals surface area contributed by atoms with Gasteiger partial charge in [0.2, 0.25) is 0 Å². The number of aromatic nitrogens is 4. The predicted molar refractivity (Wildman–Crippen MR) is 111 cm³/mol. The van der Waals surface area contributed by atoms with E-state index in [1.807, 2.05) is 0 Å². The fraction of sp³-hybridized carbons (Fsp3) is 0.350. The van der Waals surface area contributed by atoms with Crippen molar-refractivity contribution in [2.75, 3.05) is 5.32 Å². The molecule has 1 aliphatic rings. The molecule has 1 saturated carbocycles. The third kappa shape index (κ3) is 4.79. The third-order valence-electron chi connectivity index (χ3n) is 5.18. The van der Waals surface area contributed by atoms with Crippen molar-refractivity contribution in [3.8, 4) is 16.9 Å². The number of anilines is 1. The second kappa shape index (κ2) is 8.73. The zero-order valence-corrected chi connectivity index (χ0v) is 18.4. The highest BCUT2D eigenvalue weighted by Crippen LogP contribution is 2.47. The minimum atomic E-state index is -6.08. The number of halogens is 8. The standard InChI is InChI=1S/C20H16ClF7N6O/c1-33-17(14(31-18(22)23)15(32-33)19(24,25)20(26,27)28)34-8-10(7-29-34)9-2-5-13(21)12(6-9)16(35)30-11-3-4-11/h2,5-8,11,18,31H,3-4H2,1H3,(H,30,35). The molecule has 15 heteroatoms. The second-order valence-electron chi connectivity index (χ2n) is 7.80. The van der Waals surface area contributed by atoms with E-state index in [9.17, 15) is 35.5 Å². The first-order valence-corrected chi connectivity index (χ1v) is 10.4. The van der Waals surface area contributed by atoms with E-state index in [0.29, 0.717) is 15.8 Å². The van der Waals surface area contributed by atoms with Crippen molar-refractivity contribution >= 4 is 23.2 Å². The number of alkyl halides is 7. The minimum Gasteiger partial charge on any atom is -0.349 e. The Balaban J connectivity index is 1.75. The van der Waals surface area contributed by atoms with E-state index in [4.69, 9.17) is 11.6 Å². The molecule has 1 amide bonds. The number of hydrogen-bond acceptors (Lipinski definition) is 4. The lowest BCUT2D eigenvalue weighted by Crippen LogP contribution is -2.35. The number of amides is 1. The smallest absolute Gasteiger partial charge is 0.349 e. The van der Waals surface area contributed by atoms with Gasteiger partial charge in [-0.3, -0.25) is 4.79 Å². The van der Waals surface area contributed by atoms with E-state index in [1.165, 1.54) is 35.9 Å². The largest absolute Gasteiger partial charge is 0.459 e. The average molecular weight is 525 g/mol. The van der Waals surface area contributed by atoms with E-state index in [2.05, 4.69) is 15.5 Å². The maximum absolute atomic E-state index is 14.0. The molecule has 0 atom stereocenters. The third-order valence-corrected chi connectivity index (χ3v) is 5.51. The van der Waals surface area contributed by atoms with Crippen molar-refractivity contribution < 1.29 is 35.5 Å². The Hall–Kier alpha value is -3.29. The van der Waals surface area contributed by atoms with Crippen molar-refractivity contribution in [1.29, 1.82) is 0 Å². The van der Waals surface area contributed by atoms with Crippen LogP contribution in [-0.4, -0.2) is 44.2 Å². The van der Waals surface area contributed by atoms with Gasteiger partial charge in [-0.2, -0.15) is 40.9 Å². The van der Waals surface area contributed by atoms with E-state index in [0.717, 1.165) is 24.6 Å². The van der Waals surface area contributed by atoms with Crippen LogP contribution >= 0.6 is 11.6 Å². The fourth-order valence-corrected chi connectivity index (χ4v) is 3.53. The molecule has 0 saturated heterocycles. The number of carbonyl (C=O) groups excluding carboxylic acids is 1. The summed E-state index contributed by atoms with van der Waals surface area (Å²) in [5.41, 5.74) is -2.29. The van der Waals surface area contributed by atoms with Crippen LogP contribution < -0.4 is 10.6 Å². The zero-order valence-electron chi connectivity index (χ0n) is 17.7. The highest BCUT2D eigenvalue weighted by atomic mass is 35.5. The van der Waals surface area contributed by atoms with Gasteiger partial charge in [0, 0.05) is 24.8 Å². The van der Waals surface area contributed by atoms with Crippen LogP contribution in [0.2, 0.25) is 5.02 Å². The van der Waals surface area contributed by atoms with Gasteiger partial charge < -0.3 is 10.6 Å². The lowest BCUT2D eigenvalue weighted by Gasteiger charge is -2.19. The molecule has 1 fully saturated rings. The van der Waals surface area contributed by atoms with Crippen LogP contribution in [-0.2, 0) is 13.0 Å². The molecule has 0 radical (unpaired) electrons. The summed E-state index contributed by atoms with van der Waals surface area (Å²) in [5.74, 6) is -6.51. The minimum absolute atomic E-state index is 0.0691. The van der Waals surface area contributed by atoms with Gasteiger partial charge in [-0.15, -0.1) is 0 Å². The van der Waals surface area contributed by atoms with Gasteiger partial charge in [0.25, 0.3) is 5.91 Å². The van der Waals surface area contributed by atoms with Crippen LogP contribution in [0.5, 0.6) is 0 Å². The quantitative estimate of drug-likeness (QED) is 0.333. The van der Waals surface area contributed by atoms with E-state index < -0.39 is 41.8 Å². The first-order chi connectivity index (χ1) is 16.3. The maximum atomic E-state index is 14.0. The number of nitrogens with zero attached hydrogens (tertiary/aromatic N) is 4. The Labute approximate surface area is 197 Å². The van der Waals surface area contributed by atoms with E-state index in [1.54, 1.807) is 0 Å². The van der Waals surface area contributed by atoms with Gasteiger partial charge in [-0.05, 0) is 30.5 Å². The molecule has 0 bridgehead atoms. The van der Waals surface area contributed by atoms with Crippen molar-refractivity contribution in [3.05, 3.63) is 46.9 Å². The highest BCUT2D eigenvalue weighted by molar-refractivity contribution is 6.34. The Morgan fingerprint density at radius 3 is 2.46 bits per heavy atom. The van der Waals surface area contributed by atoms with Gasteiger partial charge >= 0.3 is 18.6 Å². The number of benzene rings is 1. The summed E-state index contributed by atoms with van der Waals surface area (Å²) in [5, 5.41) is 11.4. The Morgan fingerprint density at radius 2 is 1.86 bits per heavy atom. The number of aryl methyl sites for hydroxylation is 1. The summed E-state index contributed by atoms with van der Waals surface area (Å²) in [6.07, 6.45) is -1.95. The van der Waals surface area contributed by atoms with Gasteiger partial charge in [0.1, 0.15) is 5.69 Å². The summed E-state index contributed by atoms with van der Waals surface area (Å²) in [6.45, 7) is -3.47. The fourth-order valence-electron chi connectivity index (χ4n) is 3.33. The number of nitrogens with one attached hydrogen (secondary N) is 2. The average Bonchev–Trinajstić information content (AvgIpc) is 3.32. The SMILES string of the molecule is Cn1nc(C(F)(F)C(F)(F)F)c(NC(F)F)c1-n1cc(-c2ccc(Cl)c(C(=O)NC3CC3)c2)cn1. The van der Waals surface area contributed by atoms with Crippen LogP contribution in [0.4, 0.5) is 36.4 Å². The molecule has 1 aliphatic carbocycles. The van der Waals surface area contributed by atoms with Crippen LogP contribution in [0.15, 0.2) is 30.6 Å². The van der Waals surface area contributed by atoms with Gasteiger partial charge in [0.15, 0.2) is 11.5 Å². The molecule has 2 aromatic heterocycles. The van der Waals surface area contributed by atoms with Crippen LogP contribution in [0.3, 0.4) is 0 Å². The highest BCUT2D eigenvalue weighted by Gasteiger charge is 2.62. The molecular weight excluding hydrogens is 509 g/mol. The normalized spacial score (nSPS) is 14.5. The van der Waals surface area contributed by atoms with Crippen molar-refractivity contribution in [2.24, 2.45) is 7.05 Å². The number of rotatable bonds is 7. The monoisotopic (exact) mass is 524 g/mol. The van der Waals surface area contributed by atoms with Gasteiger partial charge in [-0.1, -0.05) is 17.7 Å². The molecule has 4 rings (SSSR count). The van der Waals surface area contributed by atoms with Crippen LogP contribution in [0.1, 0.15) is 28.9 Å². The van der Waals surface area contributed by atoms with Crippen LogP contribution in [0, 0.1) is 0 Å². The summed E-state index contributed by atoms with van der Waals surface area (Å²) < 4.78 is 94.4. The van der Waals surface area contributed by atoms with Crippen molar-refractivity contribution in [2.45, 2.75) is 37.5 Å². The van der Waals surface area contributed by atoms with Crippen LogP contribution in [0.25, 0.3) is 16.9 Å². The maximum Gasteiger partial charge on any atom is 0.459 e. The summed E-state index contributed by atoms with van der Waals surface area (Å²) in [7, 11) is 1.01. The zero-order chi connectivity index (χ0) is 25.7. The summed E-state index contributed by atoms with van der Waals surface area (Å²) in [6, 6.07) is 4.50. The lowest BCUT2D eigenvalue weighted by molar-refractivity contribution is -0.290. The molecule has 188 valence electrons. The molecule has 2 N–H and O–H groups in total. The predicted octanol–water partition coefficient (Wildman–Crippen LogP) is 5.11. The Bertz CT molecular complexity index is 1270. The summed E-state index contributed by atoms with van der Waals surface area (Å²) in [4.78, 5) is 12.4. The molecule has 0 unspecified atom stereocenters. The van der Waals surface area contributed by atoms with Crippen molar-refractivity contribution in [3.63, 3.8) is 0 Å². The molecule has 2 heterocycles. The van der Waals surface area contributed by atoms with Gasteiger partial charge in [0.05, 0.1) is 16.8 Å².